The molecular weight excluding hydrogens is 246 g/mol. The van der Waals surface area contributed by atoms with Gasteiger partial charge in [0.1, 0.15) is 0 Å². The van der Waals surface area contributed by atoms with Crippen LogP contribution in [0.3, 0.4) is 0 Å². The summed E-state index contributed by atoms with van der Waals surface area (Å²) >= 11 is 0. The minimum Gasteiger partial charge on any atom is -0.394 e. The van der Waals surface area contributed by atoms with Crippen molar-refractivity contribution in [2.24, 2.45) is 7.05 Å². The monoisotopic (exact) mass is 267 g/mol. The molecular formula is C13H21N3O3. The number of morpholine rings is 1. The second kappa shape index (κ2) is 5.71. The van der Waals surface area contributed by atoms with Crippen LogP contribution in [0.5, 0.6) is 0 Å². The van der Waals surface area contributed by atoms with Crippen LogP contribution in [-0.2, 0) is 18.2 Å². The highest BCUT2D eigenvalue weighted by molar-refractivity contribution is 5.95. The molecule has 1 aliphatic heterocycles. The van der Waals surface area contributed by atoms with Gasteiger partial charge in [-0.1, -0.05) is 6.92 Å². The normalized spacial score (nSPS) is 23.7. The van der Waals surface area contributed by atoms with Gasteiger partial charge in [0.2, 0.25) is 0 Å². The first-order valence-corrected chi connectivity index (χ1v) is 6.62. The number of aryl methyl sites for hydroxylation is 2. The van der Waals surface area contributed by atoms with Crippen molar-refractivity contribution in [2.75, 3.05) is 19.8 Å². The van der Waals surface area contributed by atoms with Crippen LogP contribution < -0.4 is 0 Å². The number of carbonyl (C=O) groups excluding carboxylic acids is 1. The van der Waals surface area contributed by atoms with E-state index in [1.54, 1.807) is 15.8 Å². The average Bonchev–Trinajstić information content (AvgIpc) is 2.79. The number of ether oxygens (including phenoxy) is 1. The molecule has 0 saturated carbocycles. The fraction of sp³-hybridized carbons (Fsp3) is 0.692. The van der Waals surface area contributed by atoms with Gasteiger partial charge in [0.05, 0.1) is 36.6 Å². The maximum absolute atomic E-state index is 12.6. The van der Waals surface area contributed by atoms with Crippen molar-refractivity contribution in [3.8, 4) is 0 Å². The molecule has 0 bridgehead atoms. The number of hydrogen-bond acceptors (Lipinski definition) is 4. The number of carbonyl (C=O) groups is 1. The van der Waals surface area contributed by atoms with E-state index in [9.17, 15) is 9.90 Å². The summed E-state index contributed by atoms with van der Waals surface area (Å²) in [5.41, 5.74) is 1.46. The smallest absolute Gasteiger partial charge is 0.257 e. The minimum atomic E-state index is -0.290. The summed E-state index contributed by atoms with van der Waals surface area (Å²) in [6.07, 6.45) is 2.20. The summed E-state index contributed by atoms with van der Waals surface area (Å²) in [7, 11) is 1.81. The van der Waals surface area contributed by atoms with Gasteiger partial charge in [0.15, 0.2) is 0 Å². The van der Waals surface area contributed by atoms with Gasteiger partial charge in [-0.2, -0.15) is 5.10 Å². The van der Waals surface area contributed by atoms with Crippen molar-refractivity contribution in [1.82, 2.24) is 14.7 Å². The number of hydrogen-bond donors (Lipinski definition) is 1. The van der Waals surface area contributed by atoms with E-state index >= 15 is 0 Å². The van der Waals surface area contributed by atoms with Crippen LogP contribution in [0.4, 0.5) is 0 Å². The molecule has 0 spiro atoms. The van der Waals surface area contributed by atoms with Crippen molar-refractivity contribution in [1.29, 1.82) is 0 Å². The molecule has 1 aromatic rings. The van der Waals surface area contributed by atoms with Gasteiger partial charge >= 0.3 is 0 Å². The summed E-state index contributed by atoms with van der Waals surface area (Å²) < 4.78 is 7.12. The summed E-state index contributed by atoms with van der Waals surface area (Å²) in [4.78, 5) is 14.4. The van der Waals surface area contributed by atoms with Crippen molar-refractivity contribution in [3.63, 3.8) is 0 Å². The standard InChI is InChI=1S/C13H21N3O3/c1-4-12-11(6-15(3)14-12)13(18)16-5-10(7-17)19-8-9(16)2/h6,9-10,17H,4-5,7-8H2,1-3H3. The Bertz CT molecular complexity index is 458. The average molecular weight is 267 g/mol. The van der Waals surface area contributed by atoms with E-state index in [0.29, 0.717) is 18.7 Å². The SMILES string of the molecule is CCc1nn(C)cc1C(=O)N1CC(CO)OCC1C. The van der Waals surface area contributed by atoms with Crippen molar-refractivity contribution < 1.29 is 14.6 Å². The third kappa shape index (κ3) is 2.79. The predicted molar refractivity (Wildman–Crippen MR) is 69.9 cm³/mol. The first-order valence-electron chi connectivity index (χ1n) is 6.62. The third-order valence-electron chi connectivity index (χ3n) is 3.44. The second-order valence-electron chi connectivity index (χ2n) is 4.96. The predicted octanol–water partition coefficient (Wildman–Crippen LogP) is 0.204. The molecule has 0 aromatic carbocycles. The van der Waals surface area contributed by atoms with E-state index in [4.69, 9.17) is 4.74 Å². The molecule has 6 nitrogen and oxygen atoms in total. The van der Waals surface area contributed by atoms with Crippen LogP contribution in [0.15, 0.2) is 6.20 Å². The van der Waals surface area contributed by atoms with Crippen molar-refractivity contribution in [2.45, 2.75) is 32.4 Å². The van der Waals surface area contributed by atoms with E-state index in [1.807, 2.05) is 20.9 Å². The summed E-state index contributed by atoms with van der Waals surface area (Å²) in [6.45, 7) is 4.75. The molecule has 1 aliphatic rings. The van der Waals surface area contributed by atoms with Crippen LogP contribution in [0.1, 0.15) is 29.9 Å². The molecule has 6 heteroatoms. The molecule has 19 heavy (non-hydrogen) atoms. The lowest BCUT2D eigenvalue weighted by molar-refractivity contribution is -0.0667. The van der Waals surface area contributed by atoms with Gasteiger partial charge in [-0.05, 0) is 13.3 Å². The molecule has 0 aliphatic carbocycles. The molecule has 2 rings (SSSR count). The molecule has 1 saturated heterocycles. The van der Waals surface area contributed by atoms with E-state index in [0.717, 1.165) is 12.1 Å². The lowest BCUT2D eigenvalue weighted by Crippen LogP contribution is -2.52. The van der Waals surface area contributed by atoms with Crippen LogP contribution >= 0.6 is 0 Å². The quantitative estimate of drug-likeness (QED) is 0.850. The number of aromatic nitrogens is 2. The number of aliphatic hydroxyl groups is 1. The Morgan fingerprint density at radius 2 is 2.37 bits per heavy atom. The summed E-state index contributed by atoms with van der Waals surface area (Å²) in [6, 6.07) is 0.0141. The molecule has 0 radical (unpaired) electrons. The molecule has 106 valence electrons. The molecule has 2 heterocycles. The first kappa shape index (κ1) is 14.0. The number of aliphatic hydroxyl groups excluding tert-OH is 1. The van der Waals surface area contributed by atoms with E-state index in [2.05, 4.69) is 5.10 Å². The molecule has 2 unspecified atom stereocenters. The third-order valence-corrected chi connectivity index (χ3v) is 3.44. The number of rotatable bonds is 3. The zero-order valence-electron chi connectivity index (χ0n) is 11.7. The van der Waals surface area contributed by atoms with Gasteiger partial charge in [-0.15, -0.1) is 0 Å². The Morgan fingerprint density at radius 1 is 1.63 bits per heavy atom. The zero-order chi connectivity index (χ0) is 14.0. The highest BCUT2D eigenvalue weighted by atomic mass is 16.5. The van der Waals surface area contributed by atoms with E-state index in [1.165, 1.54) is 0 Å². The highest BCUT2D eigenvalue weighted by Gasteiger charge is 2.31. The Kier molecular flexibility index (Phi) is 4.21. The van der Waals surface area contributed by atoms with Crippen LogP contribution in [0.2, 0.25) is 0 Å². The fourth-order valence-corrected chi connectivity index (χ4v) is 2.34. The van der Waals surface area contributed by atoms with Gasteiger partial charge in [0, 0.05) is 19.8 Å². The van der Waals surface area contributed by atoms with Crippen molar-refractivity contribution >= 4 is 5.91 Å². The van der Waals surface area contributed by atoms with Crippen LogP contribution in [0, 0.1) is 0 Å². The lowest BCUT2D eigenvalue weighted by Gasteiger charge is -2.37. The first-order chi connectivity index (χ1) is 9.06. The zero-order valence-corrected chi connectivity index (χ0v) is 11.7. The molecule has 2 atom stereocenters. The topological polar surface area (TPSA) is 67.6 Å². The maximum Gasteiger partial charge on any atom is 0.257 e. The van der Waals surface area contributed by atoms with Gasteiger partial charge in [0.25, 0.3) is 5.91 Å². The summed E-state index contributed by atoms with van der Waals surface area (Å²) in [5, 5.41) is 13.5. The Morgan fingerprint density at radius 3 is 3.00 bits per heavy atom. The molecule has 1 amide bonds. The number of amides is 1. The maximum atomic E-state index is 12.6. The Hall–Kier alpha value is -1.40. The van der Waals surface area contributed by atoms with Gasteiger partial charge in [-0.25, -0.2) is 0 Å². The number of nitrogens with zero attached hydrogens (tertiary/aromatic N) is 3. The highest BCUT2D eigenvalue weighted by Crippen LogP contribution is 2.17. The van der Waals surface area contributed by atoms with Crippen LogP contribution in [-0.4, -0.2) is 57.6 Å². The Balaban J connectivity index is 2.21. The lowest BCUT2D eigenvalue weighted by atomic mass is 10.1. The van der Waals surface area contributed by atoms with E-state index < -0.39 is 0 Å². The fourth-order valence-electron chi connectivity index (χ4n) is 2.34. The second-order valence-corrected chi connectivity index (χ2v) is 4.96. The summed E-state index contributed by atoms with van der Waals surface area (Å²) in [5.74, 6) is -0.0285. The van der Waals surface area contributed by atoms with Gasteiger partial charge in [-0.3, -0.25) is 9.48 Å². The molecule has 1 fully saturated rings. The minimum absolute atomic E-state index is 0.0141. The van der Waals surface area contributed by atoms with Gasteiger partial charge < -0.3 is 14.7 Å². The van der Waals surface area contributed by atoms with E-state index in [-0.39, 0.29) is 24.7 Å². The molecule has 1 N–H and O–H groups in total. The van der Waals surface area contributed by atoms with Crippen molar-refractivity contribution in [3.05, 3.63) is 17.5 Å². The largest absolute Gasteiger partial charge is 0.394 e. The van der Waals surface area contributed by atoms with Crippen LogP contribution in [0.25, 0.3) is 0 Å². The molecule has 1 aromatic heterocycles. The Labute approximate surface area is 113 Å².